The van der Waals surface area contributed by atoms with Gasteiger partial charge in [0.1, 0.15) is 18.1 Å². The van der Waals surface area contributed by atoms with Crippen molar-refractivity contribution in [2.75, 3.05) is 0 Å². The molecule has 33 heavy (non-hydrogen) atoms. The van der Waals surface area contributed by atoms with E-state index in [9.17, 15) is 29.1 Å². The molecule has 11 nitrogen and oxygen atoms in total. The van der Waals surface area contributed by atoms with Crippen LogP contribution in [0.3, 0.4) is 0 Å². The van der Waals surface area contributed by atoms with Gasteiger partial charge in [0.25, 0.3) is 0 Å². The predicted octanol–water partition coefficient (Wildman–Crippen LogP) is -0.134. The van der Waals surface area contributed by atoms with Crippen molar-refractivity contribution in [1.82, 2.24) is 16.0 Å². The molecule has 0 spiro atoms. The smallest absolute Gasteiger partial charge is 0.326 e. The molecule has 0 aromatic carbocycles. The van der Waals surface area contributed by atoms with Gasteiger partial charge in [0, 0.05) is 0 Å². The van der Waals surface area contributed by atoms with Crippen molar-refractivity contribution in [3.8, 4) is 0 Å². The van der Waals surface area contributed by atoms with Gasteiger partial charge in [0.15, 0.2) is 0 Å². The number of carboxylic acids is 1. The summed E-state index contributed by atoms with van der Waals surface area (Å²) in [6, 6.07) is -4.27. The second-order valence-corrected chi connectivity index (χ2v) is 9.69. The zero-order valence-corrected chi connectivity index (χ0v) is 20.5. The molecule has 11 heteroatoms. The highest BCUT2D eigenvalue weighted by molar-refractivity contribution is 5.95. The summed E-state index contributed by atoms with van der Waals surface area (Å²) in [7, 11) is 0. The van der Waals surface area contributed by atoms with E-state index in [2.05, 4.69) is 16.0 Å². The van der Waals surface area contributed by atoms with E-state index in [1.54, 1.807) is 0 Å². The van der Waals surface area contributed by atoms with Crippen LogP contribution in [0.15, 0.2) is 0 Å². The van der Waals surface area contributed by atoms with Crippen LogP contribution < -0.4 is 27.4 Å². The van der Waals surface area contributed by atoms with E-state index in [4.69, 9.17) is 11.5 Å². The fraction of sp³-hybridized carbons (Fsp3) is 0.773. The molecule has 0 aromatic rings. The third-order valence-corrected chi connectivity index (χ3v) is 4.76. The maximum absolute atomic E-state index is 13.0. The van der Waals surface area contributed by atoms with Gasteiger partial charge in [-0.3, -0.25) is 19.2 Å². The zero-order valence-electron chi connectivity index (χ0n) is 20.5. The molecule has 190 valence electrons. The molecular formula is C22H41N5O6. The number of aliphatic carboxylic acids is 1. The normalized spacial score (nSPS) is 15.0. The van der Waals surface area contributed by atoms with Crippen LogP contribution in [0.2, 0.25) is 0 Å². The van der Waals surface area contributed by atoms with Crippen LogP contribution in [0, 0.1) is 17.8 Å². The highest BCUT2D eigenvalue weighted by atomic mass is 16.4. The average molecular weight is 472 g/mol. The lowest BCUT2D eigenvalue weighted by atomic mass is 9.98. The number of hydrogen-bond donors (Lipinski definition) is 6. The summed E-state index contributed by atoms with van der Waals surface area (Å²) in [5.41, 5.74) is 10.7. The van der Waals surface area contributed by atoms with E-state index < -0.39 is 53.8 Å². The number of hydrogen-bond acceptors (Lipinski definition) is 6. The third-order valence-electron chi connectivity index (χ3n) is 4.76. The van der Waals surface area contributed by atoms with Gasteiger partial charge in [-0.2, -0.15) is 0 Å². The molecule has 8 N–H and O–H groups in total. The maximum atomic E-state index is 13.0. The van der Waals surface area contributed by atoms with Gasteiger partial charge >= 0.3 is 5.97 Å². The molecule has 0 aliphatic carbocycles. The Bertz CT molecular complexity index is 695. The van der Waals surface area contributed by atoms with Crippen LogP contribution in [0.1, 0.15) is 67.2 Å². The van der Waals surface area contributed by atoms with Gasteiger partial charge < -0.3 is 32.5 Å². The summed E-state index contributed by atoms with van der Waals surface area (Å²) >= 11 is 0. The van der Waals surface area contributed by atoms with Gasteiger partial charge in [-0.1, -0.05) is 41.5 Å². The second-order valence-electron chi connectivity index (χ2n) is 9.69. The summed E-state index contributed by atoms with van der Waals surface area (Å²) in [6.45, 7) is 11.1. The first-order chi connectivity index (χ1) is 15.1. The molecule has 0 heterocycles. The van der Waals surface area contributed by atoms with Crippen molar-refractivity contribution < 1.29 is 29.1 Å². The van der Waals surface area contributed by atoms with Crippen molar-refractivity contribution in [3.63, 3.8) is 0 Å². The maximum Gasteiger partial charge on any atom is 0.326 e. The van der Waals surface area contributed by atoms with Crippen LogP contribution >= 0.6 is 0 Å². The Morgan fingerprint density at radius 1 is 0.667 bits per heavy atom. The minimum absolute atomic E-state index is 0.0215. The largest absolute Gasteiger partial charge is 0.480 e. The minimum Gasteiger partial charge on any atom is -0.480 e. The molecule has 0 radical (unpaired) electrons. The average Bonchev–Trinajstić information content (AvgIpc) is 2.64. The highest BCUT2D eigenvalue weighted by Gasteiger charge is 2.31. The number of rotatable bonds is 15. The lowest BCUT2D eigenvalue weighted by Gasteiger charge is -2.27. The molecule has 4 unspecified atom stereocenters. The van der Waals surface area contributed by atoms with Gasteiger partial charge in [-0.25, -0.2) is 4.79 Å². The molecule has 0 aliphatic heterocycles. The zero-order chi connectivity index (χ0) is 25.9. The standard InChI is InChI=1S/C22H41N5O6/c1-11(2)7-15(25-19(29)14(23)10-18(24)28)20(30)26-16(8-12(3)4)21(31)27-17(22(32)33)9-13(5)6/h11-17H,7-10,23H2,1-6H3,(H2,24,28)(H,25,29)(H,26,30)(H,27,31)(H,32,33). The van der Waals surface area contributed by atoms with E-state index in [-0.39, 0.29) is 43.4 Å². The molecule has 0 aromatic heterocycles. The fourth-order valence-electron chi connectivity index (χ4n) is 3.23. The molecule has 4 atom stereocenters. The van der Waals surface area contributed by atoms with E-state index in [0.717, 1.165) is 0 Å². The van der Waals surface area contributed by atoms with Crippen molar-refractivity contribution in [3.05, 3.63) is 0 Å². The van der Waals surface area contributed by atoms with Gasteiger partial charge in [0.05, 0.1) is 12.5 Å². The lowest BCUT2D eigenvalue weighted by molar-refractivity contribution is -0.143. The second kappa shape index (κ2) is 14.5. The number of primary amides is 1. The number of nitrogens with two attached hydrogens (primary N) is 2. The van der Waals surface area contributed by atoms with Gasteiger partial charge in [-0.05, 0) is 37.0 Å². The molecule has 4 amide bonds. The monoisotopic (exact) mass is 471 g/mol. The SMILES string of the molecule is CC(C)CC(NC(=O)C(CC(C)C)NC(=O)C(CC(C)C)NC(=O)C(N)CC(N)=O)C(=O)O. The molecule has 0 fully saturated rings. The summed E-state index contributed by atoms with van der Waals surface area (Å²) < 4.78 is 0. The van der Waals surface area contributed by atoms with E-state index in [0.29, 0.717) is 0 Å². The third kappa shape index (κ3) is 12.8. The summed E-state index contributed by atoms with van der Waals surface area (Å²) in [6.07, 6.45) is 0.414. The van der Waals surface area contributed by atoms with Crippen LogP contribution in [0.25, 0.3) is 0 Å². The first-order valence-corrected chi connectivity index (χ1v) is 11.3. The van der Waals surface area contributed by atoms with Crippen LogP contribution in [-0.4, -0.2) is 58.9 Å². The summed E-state index contributed by atoms with van der Waals surface area (Å²) in [4.78, 5) is 60.8. The quantitative estimate of drug-likeness (QED) is 0.191. The van der Waals surface area contributed by atoms with Crippen LogP contribution in [0.4, 0.5) is 0 Å². The first kappa shape index (κ1) is 30.3. The number of amides is 4. The number of carbonyl (C=O) groups excluding carboxylic acids is 4. The Labute approximate surface area is 195 Å². The van der Waals surface area contributed by atoms with Crippen LogP contribution in [-0.2, 0) is 24.0 Å². The Morgan fingerprint density at radius 2 is 1.00 bits per heavy atom. The Balaban J connectivity index is 5.52. The molecule has 0 saturated carbocycles. The molecular weight excluding hydrogens is 430 g/mol. The fourth-order valence-corrected chi connectivity index (χ4v) is 3.23. The molecule has 0 rings (SSSR count). The summed E-state index contributed by atoms with van der Waals surface area (Å²) in [5.74, 6) is -3.72. The number of carboxylic acid groups (broad SMARTS) is 1. The Kier molecular flexibility index (Phi) is 13.3. The topological polar surface area (TPSA) is 194 Å². The highest BCUT2D eigenvalue weighted by Crippen LogP contribution is 2.11. The number of nitrogens with one attached hydrogen (secondary N) is 3. The van der Waals surface area contributed by atoms with E-state index >= 15 is 0 Å². The van der Waals surface area contributed by atoms with Crippen LogP contribution in [0.5, 0.6) is 0 Å². The van der Waals surface area contributed by atoms with Crippen molar-refractivity contribution in [2.24, 2.45) is 29.2 Å². The summed E-state index contributed by atoms with van der Waals surface area (Å²) in [5, 5.41) is 17.1. The molecule has 0 aliphatic rings. The lowest BCUT2D eigenvalue weighted by Crippen LogP contribution is -2.57. The predicted molar refractivity (Wildman–Crippen MR) is 124 cm³/mol. The molecule has 0 bridgehead atoms. The van der Waals surface area contributed by atoms with Gasteiger partial charge in [-0.15, -0.1) is 0 Å². The van der Waals surface area contributed by atoms with Crippen molar-refractivity contribution in [1.29, 1.82) is 0 Å². The Morgan fingerprint density at radius 3 is 1.33 bits per heavy atom. The number of carbonyl (C=O) groups is 5. The first-order valence-electron chi connectivity index (χ1n) is 11.3. The van der Waals surface area contributed by atoms with Crippen molar-refractivity contribution in [2.45, 2.75) is 91.4 Å². The minimum atomic E-state index is -1.20. The van der Waals surface area contributed by atoms with E-state index in [1.807, 2.05) is 41.5 Å². The van der Waals surface area contributed by atoms with Gasteiger partial charge in [0.2, 0.25) is 23.6 Å². The Hall–Kier alpha value is -2.69. The van der Waals surface area contributed by atoms with E-state index in [1.165, 1.54) is 0 Å². The molecule has 0 saturated heterocycles. The van der Waals surface area contributed by atoms with Crippen molar-refractivity contribution >= 4 is 29.6 Å².